The summed E-state index contributed by atoms with van der Waals surface area (Å²) >= 11 is 3.11. The molecular weight excluding hydrogens is 403 g/mol. The summed E-state index contributed by atoms with van der Waals surface area (Å²) in [6.45, 7) is 3.24. The molecule has 0 aliphatic heterocycles. The topological polar surface area (TPSA) is 78.3 Å². The Hall–Kier alpha value is -1.48. The van der Waals surface area contributed by atoms with Crippen LogP contribution in [0.1, 0.15) is 20.3 Å². The second kappa shape index (κ2) is 6.79. The van der Waals surface area contributed by atoms with E-state index in [9.17, 15) is 17.6 Å². The summed E-state index contributed by atoms with van der Waals surface area (Å²) in [6.07, 6.45) is 2.69. The van der Waals surface area contributed by atoms with E-state index in [0.717, 1.165) is 6.26 Å². The highest BCUT2D eigenvalue weighted by atomic mass is 79.9. The number of ether oxygens (including phenoxy) is 1. The number of fused-ring (bicyclic) bond motifs is 1. The first-order valence-corrected chi connectivity index (χ1v) is 9.96. The summed E-state index contributed by atoms with van der Waals surface area (Å²) in [5.74, 6) is -1.21. The zero-order chi connectivity index (χ0) is 18.1. The number of carbonyl (C=O) groups is 1. The Bertz CT molecular complexity index is 842. The minimum atomic E-state index is -3.68. The maximum Gasteiger partial charge on any atom is 0.327 e. The molecule has 0 aliphatic carbocycles. The quantitative estimate of drug-likeness (QED) is 0.671. The number of nitrogens with zero attached hydrogens (tertiary/aromatic N) is 2. The van der Waals surface area contributed by atoms with Crippen molar-refractivity contribution in [2.45, 2.75) is 31.6 Å². The molecule has 24 heavy (non-hydrogen) atoms. The van der Waals surface area contributed by atoms with Gasteiger partial charge < -0.3 is 4.74 Å². The molecule has 0 spiro atoms. The summed E-state index contributed by atoms with van der Waals surface area (Å²) in [4.78, 5) is 12.1. The van der Waals surface area contributed by atoms with E-state index in [-0.39, 0.29) is 19.6 Å². The molecule has 0 radical (unpaired) electrons. The summed E-state index contributed by atoms with van der Waals surface area (Å²) < 4.78 is 42.7. The van der Waals surface area contributed by atoms with Crippen LogP contribution in [0.4, 0.5) is 4.39 Å². The summed E-state index contributed by atoms with van der Waals surface area (Å²) in [6, 6.07) is 2.88. The number of sulfone groups is 1. The van der Waals surface area contributed by atoms with Gasteiger partial charge >= 0.3 is 5.97 Å². The Labute approximate surface area is 148 Å². The van der Waals surface area contributed by atoms with Gasteiger partial charge in [0.1, 0.15) is 5.82 Å². The zero-order valence-electron chi connectivity index (χ0n) is 13.5. The summed E-state index contributed by atoms with van der Waals surface area (Å²) in [5.41, 5.74) is 0.452. The van der Waals surface area contributed by atoms with Crippen LogP contribution in [0.5, 0.6) is 0 Å². The fraction of sp³-hybridized carbons (Fsp3) is 0.467. The van der Waals surface area contributed by atoms with Gasteiger partial charge in [-0.2, -0.15) is 5.10 Å². The maximum atomic E-state index is 13.5. The van der Waals surface area contributed by atoms with E-state index < -0.39 is 26.4 Å². The molecule has 1 aromatic heterocycles. The van der Waals surface area contributed by atoms with E-state index in [2.05, 4.69) is 21.0 Å². The van der Waals surface area contributed by atoms with Gasteiger partial charge in [-0.05, 0) is 42.3 Å². The molecule has 0 amide bonds. The first-order chi connectivity index (χ1) is 11.1. The Morgan fingerprint density at radius 2 is 2.12 bits per heavy atom. The van der Waals surface area contributed by atoms with Gasteiger partial charge in [-0.15, -0.1) is 0 Å². The molecule has 1 heterocycles. The number of halogens is 2. The monoisotopic (exact) mass is 420 g/mol. The minimum absolute atomic E-state index is 0.00229. The molecule has 9 heteroatoms. The SMILES string of the molecule is CCOC(=O)[C@@](C)(CCn1cc2cc(Br)c(F)cc2n1)S(C)(=O)=O. The third-order valence-corrected chi connectivity index (χ3v) is 6.55. The van der Waals surface area contributed by atoms with Crippen molar-refractivity contribution in [3.8, 4) is 0 Å². The van der Waals surface area contributed by atoms with Gasteiger partial charge in [0.05, 0.1) is 16.6 Å². The predicted molar refractivity (Wildman–Crippen MR) is 91.9 cm³/mol. The molecule has 1 aromatic carbocycles. The standard InChI is InChI=1S/C15H18BrFN2O4S/c1-4-23-14(20)15(2,24(3,21)22)5-6-19-9-10-7-11(16)12(17)8-13(10)18-19/h7-9H,4-6H2,1-3H3/t15-/m1/s1. The normalized spacial score (nSPS) is 14.5. The number of aryl methyl sites for hydroxylation is 1. The van der Waals surface area contributed by atoms with Gasteiger partial charge in [-0.3, -0.25) is 9.48 Å². The van der Waals surface area contributed by atoms with E-state index in [1.807, 2.05) is 0 Å². The molecule has 0 unspecified atom stereocenters. The van der Waals surface area contributed by atoms with Crippen LogP contribution in [0.3, 0.4) is 0 Å². The number of rotatable bonds is 6. The van der Waals surface area contributed by atoms with Crippen LogP contribution in [0.2, 0.25) is 0 Å². The lowest BCUT2D eigenvalue weighted by atomic mass is 10.1. The van der Waals surface area contributed by atoms with Crippen molar-refractivity contribution in [2.75, 3.05) is 12.9 Å². The van der Waals surface area contributed by atoms with Crippen molar-refractivity contribution in [2.24, 2.45) is 0 Å². The van der Waals surface area contributed by atoms with E-state index in [4.69, 9.17) is 4.74 Å². The number of benzene rings is 1. The molecule has 0 bridgehead atoms. The smallest absolute Gasteiger partial charge is 0.327 e. The number of hydrogen-bond acceptors (Lipinski definition) is 5. The van der Waals surface area contributed by atoms with Crippen LogP contribution >= 0.6 is 15.9 Å². The predicted octanol–water partition coefficient (Wildman–Crippen LogP) is 2.69. The highest BCUT2D eigenvalue weighted by Crippen LogP contribution is 2.26. The van der Waals surface area contributed by atoms with E-state index in [0.29, 0.717) is 15.4 Å². The van der Waals surface area contributed by atoms with E-state index in [1.165, 1.54) is 17.7 Å². The Morgan fingerprint density at radius 3 is 2.71 bits per heavy atom. The number of aromatic nitrogens is 2. The second-order valence-corrected chi connectivity index (χ2v) is 8.99. The lowest BCUT2D eigenvalue weighted by Gasteiger charge is -2.25. The molecule has 0 saturated heterocycles. The largest absolute Gasteiger partial charge is 0.465 e. The third-order valence-electron chi connectivity index (χ3n) is 3.94. The van der Waals surface area contributed by atoms with Crippen LogP contribution in [0.25, 0.3) is 10.9 Å². The molecule has 6 nitrogen and oxygen atoms in total. The van der Waals surface area contributed by atoms with E-state index >= 15 is 0 Å². The molecule has 2 rings (SSSR count). The van der Waals surface area contributed by atoms with Crippen molar-refractivity contribution in [1.82, 2.24) is 9.78 Å². The van der Waals surface area contributed by atoms with Crippen LogP contribution in [-0.4, -0.2) is 41.8 Å². The average Bonchev–Trinajstić information content (AvgIpc) is 2.86. The fourth-order valence-corrected chi connectivity index (χ4v) is 3.42. The van der Waals surface area contributed by atoms with Gasteiger partial charge in [0, 0.05) is 30.4 Å². The van der Waals surface area contributed by atoms with Gasteiger partial charge in [0.25, 0.3) is 0 Å². The molecule has 0 fully saturated rings. The highest BCUT2D eigenvalue weighted by molar-refractivity contribution is 9.10. The average molecular weight is 421 g/mol. The second-order valence-electron chi connectivity index (χ2n) is 5.69. The van der Waals surface area contributed by atoms with Gasteiger partial charge in [-0.1, -0.05) is 0 Å². The van der Waals surface area contributed by atoms with Crippen LogP contribution in [0, 0.1) is 5.82 Å². The lowest BCUT2D eigenvalue weighted by molar-refractivity contribution is -0.146. The van der Waals surface area contributed by atoms with Crippen molar-refractivity contribution < 1.29 is 22.3 Å². The molecule has 0 saturated carbocycles. The lowest BCUT2D eigenvalue weighted by Crippen LogP contribution is -2.45. The maximum absolute atomic E-state index is 13.5. The Morgan fingerprint density at radius 1 is 1.46 bits per heavy atom. The Kier molecular flexibility index (Phi) is 5.34. The number of hydrogen-bond donors (Lipinski definition) is 0. The van der Waals surface area contributed by atoms with Crippen molar-refractivity contribution in [1.29, 1.82) is 0 Å². The van der Waals surface area contributed by atoms with Crippen molar-refractivity contribution in [3.63, 3.8) is 0 Å². The first kappa shape index (κ1) is 18.9. The molecule has 0 N–H and O–H groups in total. The van der Waals surface area contributed by atoms with Crippen LogP contribution < -0.4 is 0 Å². The molecular formula is C15H18BrFN2O4S. The van der Waals surface area contributed by atoms with Gasteiger partial charge in [-0.25, -0.2) is 12.8 Å². The van der Waals surface area contributed by atoms with Crippen molar-refractivity contribution in [3.05, 3.63) is 28.6 Å². The zero-order valence-corrected chi connectivity index (χ0v) is 15.9. The van der Waals surface area contributed by atoms with Crippen LogP contribution in [-0.2, 0) is 25.9 Å². The molecule has 2 aromatic rings. The highest BCUT2D eigenvalue weighted by Gasteiger charge is 2.44. The van der Waals surface area contributed by atoms with Gasteiger partial charge in [0.15, 0.2) is 14.6 Å². The first-order valence-electron chi connectivity index (χ1n) is 7.27. The molecule has 0 aliphatic rings. The fourth-order valence-electron chi connectivity index (χ4n) is 2.23. The third kappa shape index (κ3) is 3.61. The van der Waals surface area contributed by atoms with Gasteiger partial charge in [0.2, 0.25) is 0 Å². The molecule has 1 atom stereocenters. The summed E-state index contributed by atoms with van der Waals surface area (Å²) in [5, 5.41) is 4.92. The molecule has 132 valence electrons. The van der Waals surface area contributed by atoms with E-state index in [1.54, 1.807) is 19.2 Å². The Balaban J connectivity index is 2.28. The summed E-state index contributed by atoms with van der Waals surface area (Å²) in [7, 11) is -3.68. The number of carbonyl (C=O) groups excluding carboxylic acids is 1. The number of esters is 1. The van der Waals surface area contributed by atoms with Crippen molar-refractivity contribution >= 4 is 42.6 Å². The van der Waals surface area contributed by atoms with Crippen LogP contribution in [0.15, 0.2) is 22.8 Å². The minimum Gasteiger partial charge on any atom is -0.465 e.